The highest BCUT2D eigenvalue weighted by Gasteiger charge is 2.36. The van der Waals surface area contributed by atoms with Gasteiger partial charge >= 0.3 is 0 Å². The Hall–Kier alpha value is -4.17. The maximum absolute atomic E-state index is 14.3. The molecular formula is C33H38N4O4. The summed E-state index contributed by atoms with van der Waals surface area (Å²) >= 11 is 0. The van der Waals surface area contributed by atoms with Crippen molar-refractivity contribution in [2.24, 2.45) is 0 Å². The molecule has 1 fully saturated rings. The first-order valence-corrected chi connectivity index (χ1v) is 14.1. The minimum atomic E-state index is -0.172. The third-order valence-electron chi connectivity index (χ3n) is 7.89. The summed E-state index contributed by atoms with van der Waals surface area (Å²) in [7, 11) is 3.27. The van der Waals surface area contributed by atoms with Crippen molar-refractivity contribution in [3.05, 3.63) is 83.7 Å². The van der Waals surface area contributed by atoms with Crippen LogP contribution in [0.3, 0.4) is 0 Å². The van der Waals surface area contributed by atoms with Crippen LogP contribution in [0.25, 0.3) is 11.0 Å². The summed E-state index contributed by atoms with van der Waals surface area (Å²) < 4.78 is 12.9. The summed E-state index contributed by atoms with van der Waals surface area (Å²) in [5.74, 6) is 1.26. The van der Waals surface area contributed by atoms with Crippen LogP contribution < -0.4 is 14.5 Å². The van der Waals surface area contributed by atoms with Crippen molar-refractivity contribution in [1.82, 2.24) is 9.55 Å². The summed E-state index contributed by atoms with van der Waals surface area (Å²) in [4.78, 5) is 36.2. The molecule has 0 saturated carbocycles. The molecule has 0 spiro atoms. The molecule has 1 aliphatic rings. The van der Waals surface area contributed by atoms with Gasteiger partial charge in [0.15, 0.2) is 0 Å². The fourth-order valence-corrected chi connectivity index (χ4v) is 5.95. The molecule has 5 rings (SSSR count). The van der Waals surface area contributed by atoms with Crippen molar-refractivity contribution < 1.29 is 19.1 Å². The number of rotatable bonds is 10. The highest BCUT2D eigenvalue weighted by Crippen LogP contribution is 2.35. The molecule has 4 aromatic rings. The zero-order chi connectivity index (χ0) is 29.1. The molecule has 2 heterocycles. The van der Waals surface area contributed by atoms with E-state index in [1.54, 1.807) is 19.1 Å². The smallest absolute Gasteiger partial charge is 0.247 e. The van der Waals surface area contributed by atoms with Crippen molar-refractivity contribution in [3.8, 4) is 5.75 Å². The van der Waals surface area contributed by atoms with Crippen LogP contribution in [0.15, 0.2) is 66.7 Å². The number of amides is 2. The molecule has 1 aliphatic heterocycles. The van der Waals surface area contributed by atoms with E-state index >= 15 is 0 Å². The number of benzene rings is 3. The Morgan fingerprint density at radius 1 is 1.10 bits per heavy atom. The molecule has 2 atom stereocenters. The fraction of sp³-hybridized carbons (Fsp3) is 0.364. The lowest BCUT2D eigenvalue weighted by molar-refractivity contribution is -0.120. The number of para-hydroxylation sites is 3. The molecule has 0 aliphatic carbocycles. The lowest BCUT2D eigenvalue weighted by Crippen LogP contribution is -2.44. The quantitative estimate of drug-likeness (QED) is 0.259. The van der Waals surface area contributed by atoms with Crippen molar-refractivity contribution in [3.63, 3.8) is 0 Å². The van der Waals surface area contributed by atoms with Crippen LogP contribution in [0.5, 0.6) is 5.75 Å². The lowest BCUT2D eigenvalue weighted by Gasteiger charge is -2.32. The van der Waals surface area contributed by atoms with E-state index < -0.39 is 0 Å². The van der Waals surface area contributed by atoms with Crippen molar-refractivity contribution in [1.29, 1.82) is 0 Å². The first kappa shape index (κ1) is 28.4. The third-order valence-corrected chi connectivity index (χ3v) is 7.89. The Bertz CT molecular complexity index is 1560. The van der Waals surface area contributed by atoms with E-state index in [1.807, 2.05) is 84.0 Å². The average molecular weight is 555 g/mol. The first-order valence-electron chi connectivity index (χ1n) is 14.1. The Morgan fingerprint density at radius 3 is 2.63 bits per heavy atom. The van der Waals surface area contributed by atoms with Gasteiger partial charge in [0, 0.05) is 37.7 Å². The van der Waals surface area contributed by atoms with Gasteiger partial charge in [-0.05, 0) is 55.7 Å². The van der Waals surface area contributed by atoms with Crippen LogP contribution >= 0.6 is 0 Å². The van der Waals surface area contributed by atoms with Crippen molar-refractivity contribution >= 4 is 34.2 Å². The predicted molar refractivity (Wildman–Crippen MR) is 162 cm³/mol. The van der Waals surface area contributed by atoms with Gasteiger partial charge in [0.2, 0.25) is 11.8 Å². The maximum atomic E-state index is 14.3. The molecular weight excluding hydrogens is 516 g/mol. The molecule has 1 aromatic heterocycles. The fourth-order valence-electron chi connectivity index (χ4n) is 5.95. The lowest BCUT2D eigenvalue weighted by atomic mass is 10.0. The Balaban J connectivity index is 1.53. The molecule has 0 N–H and O–H groups in total. The van der Waals surface area contributed by atoms with Gasteiger partial charge in [-0.25, -0.2) is 4.98 Å². The number of nitrogens with zero attached hydrogens (tertiary/aromatic N) is 4. The summed E-state index contributed by atoms with van der Waals surface area (Å²) in [6.45, 7) is 7.16. The minimum Gasteiger partial charge on any atom is -0.497 e. The second-order valence-corrected chi connectivity index (χ2v) is 10.7. The van der Waals surface area contributed by atoms with Crippen LogP contribution in [-0.2, 0) is 27.3 Å². The van der Waals surface area contributed by atoms with Crippen LogP contribution in [0, 0.1) is 6.92 Å². The molecule has 0 bridgehead atoms. The van der Waals surface area contributed by atoms with E-state index in [0.717, 1.165) is 45.8 Å². The Kier molecular flexibility index (Phi) is 8.40. The molecule has 0 radical (unpaired) electrons. The van der Waals surface area contributed by atoms with Crippen LogP contribution in [0.2, 0.25) is 0 Å². The molecule has 3 aromatic carbocycles. The topological polar surface area (TPSA) is 76.9 Å². The number of ether oxygens (including phenoxy) is 2. The van der Waals surface area contributed by atoms with Gasteiger partial charge in [0.05, 0.1) is 36.5 Å². The van der Waals surface area contributed by atoms with Gasteiger partial charge in [-0.15, -0.1) is 0 Å². The van der Waals surface area contributed by atoms with Crippen LogP contribution in [-0.4, -0.2) is 54.8 Å². The maximum Gasteiger partial charge on any atom is 0.247 e. The number of hydrogen-bond acceptors (Lipinski definition) is 5. The van der Waals surface area contributed by atoms with Gasteiger partial charge < -0.3 is 23.8 Å². The van der Waals surface area contributed by atoms with E-state index in [2.05, 4.69) is 13.0 Å². The molecule has 8 heteroatoms. The van der Waals surface area contributed by atoms with E-state index in [9.17, 15) is 9.59 Å². The second kappa shape index (κ2) is 12.1. The highest BCUT2D eigenvalue weighted by atomic mass is 16.5. The van der Waals surface area contributed by atoms with Gasteiger partial charge in [-0.1, -0.05) is 43.3 Å². The average Bonchev–Trinajstić information content (AvgIpc) is 3.54. The minimum absolute atomic E-state index is 0.0241. The summed E-state index contributed by atoms with van der Waals surface area (Å²) in [5, 5.41) is 0. The number of anilines is 2. The number of aryl methyl sites for hydroxylation is 2. The monoisotopic (exact) mass is 554 g/mol. The molecule has 8 nitrogen and oxygen atoms in total. The highest BCUT2D eigenvalue weighted by molar-refractivity contribution is 5.98. The van der Waals surface area contributed by atoms with Gasteiger partial charge in [0.25, 0.3) is 0 Å². The van der Waals surface area contributed by atoms with Gasteiger partial charge in [-0.3, -0.25) is 9.59 Å². The summed E-state index contributed by atoms with van der Waals surface area (Å²) in [6.07, 6.45) is 1.13. The number of carbonyl (C=O) groups is 2. The summed E-state index contributed by atoms with van der Waals surface area (Å²) in [6, 6.07) is 21.4. The Morgan fingerprint density at radius 2 is 1.88 bits per heavy atom. The Labute approximate surface area is 241 Å². The number of hydrogen-bond donors (Lipinski definition) is 0. The van der Waals surface area contributed by atoms with Crippen LogP contribution in [0.1, 0.15) is 43.1 Å². The van der Waals surface area contributed by atoms with E-state index in [0.29, 0.717) is 25.3 Å². The summed E-state index contributed by atoms with van der Waals surface area (Å²) in [5.41, 5.74) is 5.59. The van der Waals surface area contributed by atoms with Crippen molar-refractivity contribution in [2.45, 2.75) is 52.1 Å². The SMILES string of the molecule is CCc1cccc(C)c1N(C(=O)Cn1c([C@@H]2CC(=O)N(c3cccc(OC)c3)C2)nc2ccccc21)[C@H](C)COC. The zero-order valence-corrected chi connectivity index (χ0v) is 24.5. The second-order valence-electron chi connectivity index (χ2n) is 10.7. The third kappa shape index (κ3) is 5.57. The first-order chi connectivity index (χ1) is 19.9. The van der Waals surface area contributed by atoms with Crippen LogP contribution in [0.4, 0.5) is 11.4 Å². The molecule has 214 valence electrons. The molecule has 1 saturated heterocycles. The van der Waals surface area contributed by atoms with E-state index in [4.69, 9.17) is 14.5 Å². The number of fused-ring (bicyclic) bond motifs is 1. The van der Waals surface area contributed by atoms with E-state index in [1.165, 1.54) is 0 Å². The largest absolute Gasteiger partial charge is 0.497 e. The predicted octanol–water partition coefficient (Wildman–Crippen LogP) is 5.50. The van der Waals surface area contributed by atoms with Gasteiger partial charge in [0.1, 0.15) is 18.1 Å². The number of imidazole rings is 1. The van der Waals surface area contributed by atoms with Crippen molar-refractivity contribution in [2.75, 3.05) is 37.2 Å². The number of carbonyl (C=O) groups excluding carboxylic acids is 2. The van der Waals surface area contributed by atoms with Gasteiger partial charge in [-0.2, -0.15) is 0 Å². The normalized spacial score (nSPS) is 15.9. The number of aromatic nitrogens is 2. The molecule has 0 unspecified atom stereocenters. The number of methoxy groups -OCH3 is 2. The molecule has 2 amide bonds. The molecule has 41 heavy (non-hydrogen) atoms. The standard InChI is InChI=1S/C33H38N4O4/c1-6-24-12-9-11-22(2)32(24)37(23(3)21-40-4)31(39)20-36-29-16-8-7-15-28(29)34-33(36)25-17-30(38)35(19-25)26-13-10-14-27(18-26)41-5/h7-16,18,23,25H,6,17,19-21H2,1-5H3/t23-,25-/m1/s1. The van der Waals surface area contributed by atoms with E-state index in [-0.39, 0.29) is 30.3 Å². The zero-order valence-electron chi connectivity index (χ0n) is 24.5.